The van der Waals surface area contributed by atoms with E-state index in [-0.39, 0.29) is 18.6 Å². The maximum atomic E-state index is 12.3. The molecule has 0 aliphatic carbocycles. The molecule has 1 atom stereocenters. The van der Waals surface area contributed by atoms with Crippen molar-refractivity contribution in [2.75, 3.05) is 13.7 Å². The lowest BCUT2D eigenvalue weighted by molar-refractivity contribution is -0.129. The second kappa shape index (κ2) is 9.81. The van der Waals surface area contributed by atoms with Crippen LogP contribution in [0.3, 0.4) is 0 Å². The molecule has 0 unspecified atom stereocenters. The Balaban J connectivity index is 1.56. The van der Waals surface area contributed by atoms with Crippen molar-refractivity contribution in [2.45, 2.75) is 39.0 Å². The first-order chi connectivity index (χ1) is 17.1. The molecule has 5 rings (SSSR count). The summed E-state index contributed by atoms with van der Waals surface area (Å²) in [6.07, 6.45) is 6.69. The highest BCUT2D eigenvalue weighted by molar-refractivity contribution is 5.88. The van der Waals surface area contributed by atoms with Crippen molar-refractivity contribution < 1.29 is 19.4 Å². The van der Waals surface area contributed by atoms with Gasteiger partial charge < -0.3 is 24.5 Å². The SMILES string of the molecule is COCc1ccc(Oc2cc3cc(-c4cnc(CO)cn4)[nH]c3cc2[C@H]2CCCN2C(C)=O)cn1. The second-order valence-corrected chi connectivity index (χ2v) is 8.60. The molecule has 0 saturated carbocycles. The van der Waals surface area contributed by atoms with Gasteiger partial charge in [0, 0.05) is 37.0 Å². The summed E-state index contributed by atoms with van der Waals surface area (Å²) in [6, 6.07) is 9.71. The maximum Gasteiger partial charge on any atom is 0.219 e. The molecule has 9 nitrogen and oxygen atoms in total. The van der Waals surface area contributed by atoms with E-state index in [9.17, 15) is 9.90 Å². The lowest BCUT2D eigenvalue weighted by Crippen LogP contribution is -2.28. The Hall–Kier alpha value is -3.82. The number of aliphatic hydroxyl groups is 1. The number of carbonyl (C=O) groups excluding carboxylic acids is 1. The number of H-pyrrole nitrogens is 1. The number of nitrogens with one attached hydrogen (secondary N) is 1. The molecular weight excluding hydrogens is 446 g/mol. The molecule has 1 aliphatic heterocycles. The smallest absolute Gasteiger partial charge is 0.219 e. The zero-order valence-electron chi connectivity index (χ0n) is 19.7. The minimum Gasteiger partial charge on any atom is -0.455 e. The van der Waals surface area contributed by atoms with Crippen LogP contribution < -0.4 is 4.74 Å². The van der Waals surface area contributed by atoms with Gasteiger partial charge in [-0.05, 0) is 43.2 Å². The van der Waals surface area contributed by atoms with Gasteiger partial charge in [-0.15, -0.1) is 0 Å². The lowest BCUT2D eigenvalue weighted by Gasteiger charge is -2.25. The number of pyridine rings is 1. The van der Waals surface area contributed by atoms with Gasteiger partial charge in [0.1, 0.15) is 17.2 Å². The molecule has 4 heterocycles. The summed E-state index contributed by atoms with van der Waals surface area (Å²) in [5, 5.41) is 10.2. The Kier molecular flexibility index (Phi) is 6.43. The largest absolute Gasteiger partial charge is 0.455 e. The molecule has 4 aromatic rings. The topological polar surface area (TPSA) is 113 Å². The van der Waals surface area contributed by atoms with E-state index in [1.807, 2.05) is 29.2 Å². The molecule has 1 fully saturated rings. The summed E-state index contributed by atoms with van der Waals surface area (Å²) >= 11 is 0. The number of aliphatic hydroxyl groups excluding tert-OH is 1. The van der Waals surface area contributed by atoms with E-state index in [4.69, 9.17) is 9.47 Å². The molecule has 0 bridgehead atoms. The Bertz CT molecular complexity index is 1330. The van der Waals surface area contributed by atoms with Gasteiger partial charge >= 0.3 is 0 Å². The van der Waals surface area contributed by atoms with E-state index in [0.717, 1.165) is 47.2 Å². The van der Waals surface area contributed by atoms with Crippen LogP contribution >= 0.6 is 0 Å². The van der Waals surface area contributed by atoms with Crippen molar-refractivity contribution in [1.29, 1.82) is 0 Å². The van der Waals surface area contributed by atoms with Gasteiger partial charge in [0.25, 0.3) is 0 Å². The van der Waals surface area contributed by atoms with Gasteiger partial charge in [-0.1, -0.05) is 0 Å². The highest BCUT2D eigenvalue weighted by Crippen LogP contribution is 2.41. The molecule has 9 heteroatoms. The molecular formula is C26H27N5O4. The fourth-order valence-electron chi connectivity index (χ4n) is 4.54. The zero-order valence-corrected chi connectivity index (χ0v) is 19.7. The minimum atomic E-state index is -0.153. The average Bonchev–Trinajstić information content (AvgIpc) is 3.52. The fraction of sp³-hybridized carbons (Fsp3) is 0.308. The highest BCUT2D eigenvalue weighted by Gasteiger charge is 2.31. The minimum absolute atomic E-state index is 0.0514. The Labute approximate surface area is 202 Å². The van der Waals surface area contributed by atoms with Gasteiger partial charge in [0.05, 0.1) is 54.9 Å². The summed E-state index contributed by atoms with van der Waals surface area (Å²) in [5.41, 5.74) is 4.67. The number of likely N-dealkylation sites (tertiary alicyclic amines) is 1. The predicted octanol–water partition coefficient (Wildman–Crippen LogP) is 4.13. The molecule has 1 aromatic carbocycles. The third-order valence-corrected chi connectivity index (χ3v) is 6.23. The van der Waals surface area contributed by atoms with Crippen LogP contribution in [0.15, 0.2) is 48.9 Å². The van der Waals surface area contributed by atoms with Crippen molar-refractivity contribution in [3.63, 3.8) is 0 Å². The first kappa shape index (κ1) is 22.9. The molecule has 180 valence electrons. The van der Waals surface area contributed by atoms with Crippen molar-refractivity contribution >= 4 is 16.8 Å². The number of nitrogens with zero attached hydrogens (tertiary/aromatic N) is 4. The van der Waals surface area contributed by atoms with Crippen molar-refractivity contribution in [1.82, 2.24) is 24.8 Å². The fourth-order valence-corrected chi connectivity index (χ4v) is 4.54. The van der Waals surface area contributed by atoms with Gasteiger partial charge in [0.15, 0.2) is 0 Å². The Morgan fingerprint density at radius 1 is 1.14 bits per heavy atom. The number of aromatic nitrogens is 4. The van der Waals surface area contributed by atoms with Crippen LogP contribution in [-0.2, 0) is 22.7 Å². The number of benzene rings is 1. The third-order valence-electron chi connectivity index (χ3n) is 6.23. The van der Waals surface area contributed by atoms with Gasteiger partial charge in [0.2, 0.25) is 5.91 Å². The van der Waals surface area contributed by atoms with Crippen LogP contribution in [0.2, 0.25) is 0 Å². The normalized spacial score (nSPS) is 15.6. The van der Waals surface area contributed by atoms with Gasteiger partial charge in [-0.2, -0.15) is 0 Å². The lowest BCUT2D eigenvalue weighted by atomic mass is 10.0. The number of hydrogen-bond acceptors (Lipinski definition) is 7. The monoisotopic (exact) mass is 473 g/mol. The Morgan fingerprint density at radius 2 is 2.00 bits per heavy atom. The van der Waals surface area contributed by atoms with E-state index in [0.29, 0.717) is 29.5 Å². The maximum absolute atomic E-state index is 12.3. The van der Waals surface area contributed by atoms with Crippen LogP contribution in [0.1, 0.15) is 42.8 Å². The van der Waals surface area contributed by atoms with E-state index < -0.39 is 0 Å². The van der Waals surface area contributed by atoms with Gasteiger partial charge in [-0.3, -0.25) is 19.7 Å². The number of carbonyl (C=O) groups is 1. The number of rotatable bonds is 7. The zero-order chi connectivity index (χ0) is 24.4. The number of ether oxygens (including phenoxy) is 2. The number of aromatic amines is 1. The molecule has 3 aromatic heterocycles. The quantitative estimate of drug-likeness (QED) is 0.415. The van der Waals surface area contributed by atoms with Crippen LogP contribution in [0.4, 0.5) is 0 Å². The Morgan fingerprint density at radius 3 is 2.69 bits per heavy atom. The highest BCUT2D eigenvalue weighted by atomic mass is 16.5. The van der Waals surface area contributed by atoms with E-state index >= 15 is 0 Å². The number of amides is 1. The summed E-state index contributed by atoms with van der Waals surface area (Å²) in [5.74, 6) is 1.35. The van der Waals surface area contributed by atoms with E-state index in [1.54, 1.807) is 32.6 Å². The number of fused-ring (bicyclic) bond motifs is 1. The van der Waals surface area contributed by atoms with Crippen molar-refractivity contribution in [2.24, 2.45) is 0 Å². The van der Waals surface area contributed by atoms with Crippen LogP contribution in [0.5, 0.6) is 11.5 Å². The molecule has 2 N–H and O–H groups in total. The molecule has 0 spiro atoms. The summed E-state index contributed by atoms with van der Waals surface area (Å²) in [7, 11) is 1.63. The first-order valence-corrected chi connectivity index (χ1v) is 11.5. The first-order valence-electron chi connectivity index (χ1n) is 11.5. The van der Waals surface area contributed by atoms with E-state index in [2.05, 4.69) is 26.0 Å². The second-order valence-electron chi connectivity index (χ2n) is 8.60. The molecule has 0 radical (unpaired) electrons. The summed E-state index contributed by atoms with van der Waals surface area (Å²) in [4.78, 5) is 30.7. The van der Waals surface area contributed by atoms with Crippen molar-refractivity contribution in [3.8, 4) is 22.9 Å². The predicted molar refractivity (Wildman–Crippen MR) is 130 cm³/mol. The van der Waals surface area contributed by atoms with Crippen LogP contribution in [0.25, 0.3) is 22.3 Å². The molecule has 1 amide bonds. The number of hydrogen-bond donors (Lipinski definition) is 2. The van der Waals surface area contributed by atoms with Crippen LogP contribution in [0, 0.1) is 0 Å². The third kappa shape index (κ3) is 4.73. The molecule has 1 aliphatic rings. The average molecular weight is 474 g/mol. The number of methoxy groups -OCH3 is 1. The van der Waals surface area contributed by atoms with Gasteiger partial charge in [-0.25, -0.2) is 0 Å². The molecule has 1 saturated heterocycles. The van der Waals surface area contributed by atoms with E-state index in [1.165, 1.54) is 0 Å². The molecule has 35 heavy (non-hydrogen) atoms. The van der Waals surface area contributed by atoms with Crippen molar-refractivity contribution in [3.05, 3.63) is 65.9 Å². The summed E-state index contributed by atoms with van der Waals surface area (Å²) < 4.78 is 11.5. The van der Waals surface area contributed by atoms with Crippen LogP contribution in [-0.4, -0.2) is 49.5 Å². The summed E-state index contributed by atoms with van der Waals surface area (Å²) in [6.45, 7) is 2.62. The standard InChI is InChI=1S/C26H27N5O4/c1-16(33)31-7-3-4-25(31)21-10-22-17(8-23(30-22)24-13-28-19(14-32)11-29-24)9-26(21)35-20-6-5-18(15-34-2)27-12-20/h5-6,8-13,25,30,32H,3-4,7,14-15H2,1-2H3/t25-/m1/s1.